The van der Waals surface area contributed by atoms with Gasteiger partial charge in [0.15, 0.2) is 0 Å². The van der Waals surface area contributed by atoms with E-state index in [1.165, 1.54) is 32.6 Å². The van der Waals surface area contributed by atoms with Crippen molar-refractivity contribution < 1.29 is 0 Å². The molecule has 1 atom stereocenters. The van der Waals surface area contributed by atoms with Gasteiger partial charge in [-0.3, -0.25) is 0 Å². The number of hydrogen-bond acceptors (Lipinski definition) is 2. The Bertz CT molecular complexity index is 311. The van der Waals surface area contributed by atoms with Crippen LogP contribution in [0.4, 0.5) is 0 Å². The Balaban J connectivity index is 1.97. The molecule has 0 amide bonds. The Morgan fingerprint density at radius 1 is 1.11 bits per heavy atom. The topological polar surface area (TPSA) is 15.3 Å². The number of hydrogen-bond donors (Lipinski definition) is 1. The van der Waals surface area contributed by atoms with Crippen molar-refractivity contribution in [1.29, 1.82) is 0 Å². The molecule has 2 heteroatoms. The molecule has 19 heavy (non-hydrogen) atoms. The Morgan fingerprint density at radius 3 is 2.16 bits per heavy atom. The summed E-state index contributed by atoms with van der Waals surface area (Å²) in [7, 11) is 0. The normalized spacial score (nSPS) is 32.1. The minimum Gasteiger partial charge on any atom is -0.312 e. The summed E-state index contributed by atoms with van der Waals surface area (Å²) in [5.41, 5.74) is 1.39. The number of nitrogens with zero attached hydrogens (tertiary/aromatic N) is 1. The predicted octanol–water partition coefficient (Wildman–Crippen LogP) is 3.38. The molecule has 1 aliphatic carbocycles. The molecule has 1 heterocycles. The number of rotatable bonds is 2. The molecular weight excluding hydrogens is 232 g/mol. The molecule has 0 aromatic rings. The molecule has 1 unspecified atom stereocenters. The van der Waals surface area contributed by atoms with Crippen molar-refractivity contribution in [2.75, 3.05) is 26.2 Å². The van der Waals surface area contributed by atoms with Crippen molar-refractivity contribution in [1.82, 2.24) is 10.2 Å². The lowest BCUT2D eigenvalue weighted by Gasteiger charge is -2.34. The van der Waals surface area contributed by atoms with Gasteiger partial charge < -0.3 is 10.2 Å². The summed E-state index contributed by atoms with van der Waals surface area (Å²) in [6.45, 7) is 21.8. The van der Waals surface area contributed by atoms with Gasteiger partial charge in [0.1, 0.15) is 0 Å². The van der Waals surface area contributed by atoms with E-state index < -0.39 is 0 Å². The highest BCUT2D eigenvalue weighted by Gasteiger charge is 2.64. The standard InChI is InChI=1S/C17H34N2/c1-15(2,3)14-12-19(10-8-9-18-14)11-13-16(4,5)17(13,6)7/h13-14,18H,8-12H2,1-7H3. The third-order valence-corrected chi connectivity index (χ3v) is 6.29. The van der Waals surface area contributed by atoms with Gasteiger partial charge in [-0.05, 0) is 41.7 Å². The molecule has 112 valence electrons. The molecule has 1 N–H and O–H groups in total. The minimum atomic E-state index is 0.358. The van der Waals surface area contributed by atoms with Crippen molar-refractivity contribution in [3.05, 3.63) is 0 Å². The largest absolute Gasteiger partial charge is 0.312 e. The maximum Gasteiger partial charge on any atom is 0.0243 e. The summed E-state index contributed by atoms with van der Waals surface area (Å²) >= 11 is 0. The second-order valence-electron chi connectivity index (χ2n) is 8.98. The van der Waals surface area contributed by atoms with Gasteiger partial charge in [0.25, 0.3) is 0 Å². The molecule has 0 bridgehead atoms. The maximum absolute atomic E-state index is 3.74. The average molecular weight is 266 g/mol. The van der Waals surface area contributed by atoms with Gasteiger partial charge in [-0.25, -0.2) is 0 Å². The van der Waals surface area contributed by atoms with Gasteiger partial charge in [-0.15, -0.1) is 0 Å². The quantitative estimate of drug-likeness (QED) is 0.824. The highest BCUT2D eigenvalue weighted by atomic mass is 15.2. The fourth-order valence-electron chi connectivity index (χ4n) is 3.79. The van der Waals surface area contributed by atoms with Crippen LogP contribution in [0.2, 0.25) is 0 Å². The molecule has 2 rings (SSSR count). The van der Waals surface area contributed by atoms with Crippen LogP contribution in [0, 0.1) is 22.2 Å². The highest BCUT2D eigenvalue weighted by molar-refractivity contribution is 5.13. The molecule has 1 saturated carbocycles. The second-order valence-corrected chi connectivity index (χ2v) is 8.98. The minimum absolute atomic E-state index is 0.358. The Hall–Kier alpha value is -0.0800. The third-order valence-electron chi connectivity index (χ3n) is 6.29. The zero-order chi connectivity index (χ0) is 14.5. The van der Waals surface area contributed by atoms with Crippen LogP contribution < -0.4 is 5.32 Å². The maximum atomic E-state index is 3.74. The fourth-order valence-corrected chi connectivity index (χ4v) is 3.79. The van der Waals surface area contributed by atoms with Crippen LogP contribution in [-0.2, 0) is 0 Å². The first-order valence-electron chi connectivity index (χ1n) is 8.02. The summed E-state index contributed by atoms with van der Waals surface area (Å²) in [6.07, 6.45) is 1.29. The lowest BCUT2D eigenvalue weighted by atomic mass is 9.86. The summed E-state index contributed by atoms with van der Waals surface area (Å²) in [6, 6.07) is 0.625. The van der Waals surface area contributed by atoms with E-state index >= 15 is 0 Å². The van der Waals surface area contributed by atoms with Crippen LogP contribution in [0.25, 0.3) is 0 Å². The predicted molar refractivity (Wildman–Crippen MR) is 83.4 cm³/mol. The molecular formula is C17H34N2. The summed E-state index contributed by atoms with van der Waals surface area (Å²) in [4.78, 5) is 2.72. The molecule has 0 aromatic heterocycles. The average Bonchev–Trinajstić information content (AvgIpc) is 2.77. The first-order valence-corrected chi connectivity index (χ1v) is 8.02. The van der Waals surface area contributed by atoms with Crippen LogP contribution in [-0.4, -0.2) is 37.1 Å². The Labute approximate surface area is 120 Å². The lowest BCUT2D eigenvalue weighted by molar-refractivity contribution is 0.185. The third kappa shape index (κ3) is 2.85. The molecule has 0 spiro atoms. The summed E-state index contributed by atoms with van der Waals surface area (Å²) < 4.78 is 0. The molecule has 1 aliphatic heterocycles. The van der Waals surface area contributed by atoms with E-state index in [-0.39, 0.29) is 0 Å². The number of nitrogens with one attached hydrogen (secondary N) is 1. The van der Waals surface area contributed by atoms with Gasteiger partial charge >= 0.3 is 0 Å². The zero-order valence-electron chi connectivity index (χ0n) is 14.1. The SMILES string of the molecule is CC(C)(C)C1CN(CC2C(C)(C)C2(C)C)CCCN1. The molecule has 2 aliphatic rings. The monoisotopic (exact) mass is 266 g/mol. The van der Waals surface area contributed by atoms with Gasteiger partial charge in [-0.1, -0.05) is 48.5 Å². The van der Waals surface area contributed by atoms with Gasteiger partial charge in [0, 0.05) is 19.1 Å². The summed E-state index contributed by atoms with van der Waals surface area (Å²) in [5.74, 6) is 0.860. The van der Waals surface area contributed by atoms with Gasteiger partial charge in [-0.2, -0.15) is 0 Å². The van der Waals surface area contributed by atoms with Crippen molar-refractivity contribution in [2.45, 2.75) is 60.9 Å². The first kappa shape index (κ1) is 15.3. The van der Waals surface area contributed by atoms with E-state index in [9.17, 15) is 0 Å². The van der Waals surface area contributed by atoms with Crippen molar-refractivity contribution in [3.8, 4) is 0 Å². The van der Waals surface area contributed by atoms with E-state index in [1.807, 2.05) is 0 Å². The van der Waals surface area contributed by atoms with Crippen LogP contribution in [0.5, 0.6) is 0 Å². The molecule has 2 nitrogen and oxygen atoms in total. The van der Waals surface area contributed by atoms with Crippen molar-refractivity contribution >= 4 is 0 Å². The van der Waals surface area contributed by atoms with Gasteiger partial charge in [0.05, 0.1) is 0 Å². The lowest BCUT2D eigenvalue weighted by Crippen LogP contribution is -2.46. The molecule has 0 aromatic carbocycles. The van der Waals surface area contributed by atoms with E-state index in [2.05, 4.69) is 58.7 Å². The first-order chi connectivity index (χ1) is 8.57. The van der Waals surface area contributed by atoms with Gasteiger partial charge in [0.2, 0.25) is 0 Å². The molecule has 2 fully saturated rings. The van der Waals surface area contributed by atoms with Crippen LogP contribution in [0.1, 0.15) is 54.9 Å². The highest BCUT2D eigenvalue weighted by Crippen LogP contribution is 2.68. The summed E-state index contributed by atoms with van der Waals surface area (Å²) in [5, 5.41) is 3.74. The Kier molecular flexibility index (Phi) is 3.81. The smallest absolute Gasteiger partial charge is 0.0243 e. The zero-order valence-corrected chi connectivity index (χ0v) is 14.1. The van der Waals surface area contributed by atoms with Crippen molar-refractivity contribution in [2.24, 2.45) is 22.2 Å². The molecule has 0 radical (unpaired) electrons. The Morgan fingerprint density at radius 2 is 1.68 bits per heavy atom. The van der Waals surface area contributed by atoms with Crippen LogP contribution >= 0.6 is 0 Å². The molecule has 1 saturated heterocycles. The van der Waals surface area contributed by atoms with E-state index in [0.29, 0.717) is 22.3 Å². The second kappa shape index (κ2) is 4.73. The van der Waals surface area contributed by atoms with E-state index in [0.717, 1.165) is 5.92 Å². The fraction of sp³-hybridized carbons (Fsp3) is 1.00. The van der Waals surface area contributed by atoms with E-state index in [1.54, 1.807) is 0 Å². The van der Waals surface area contributed by atoms with Crippen LogP contribution in [0.3, 0.4) is 0 Å². The van der Waals surface area contributed by atoms with Crippen LogP contribution in [0.15, 0.2) is 0 Å². The van der Waals surface area contributed by atoms with E-state index in [4.69, 9.17) is 0 Å². The van der Waals surface area contributed by atoms with Crippen molar-refractivity contribution in [3.63, 3.8) is 0 Å².